The smallest absolute Gasteiger partial charge is 0.330 e. The number of anilines is 1. The zero-order valence-corrected chi connectivity index (χ0v) is 26.0. The molecule has 3 N–H and O–H groups in total. The average Bonchev–Trinajstić information content (AvgIpc) is 3.52. The van der Waals surface area contributed by atoms with Gasteiger partial charge in [-0.1, -0.05) is 74.6 Å². The fourth-order valence-electron chi connectivity index (χ4n) is 6.93. The number of fused-ring (bicyclic) bond motifs is 2. The topological polar surface area (TPSA) is 126 Å². The molecule has 2 aliphatic heterocycles. The van der Waals surface area contributed by atoms with Crippen molar-refractivity contribution in [1.82, 2.24) is 9.80 Å². The summed E-state index contributed by atoms with van der Waals surface area (Å²) in [5.41, 5.74) is 1.36. The van der Waals surface area contributed by atoms with Crippen LogP contribution in [0.15, 0.2) is 78.9 Å². The number of aliphatic hydroxyl groups is 1. The van der Waals surface area contributed by atoms with Crippen molar-refractivity contribution in [2.75, 3.05) is 11.6 Å². The number of aliphatic hydroxyl groups excluding tert-OH is 1. The number of carbonyl (C=O) groups is 3. The van der Waals surface area contributed by atoms with E-state index in [0.717, 1.165) is 50.0 Å². The van der Waals surface area contributed by atoms with Crippen LogP contribution in [0.4, 0.5) is 5.69 Å². The van der Waals surface area contributed by atoms with Gasteiger partial charge in [0.2, 0.25) is 0 Å². The van der Waals surface area contributed by atoms with Crippen LogP contribution in [0.5, 0.6) is 11.5 Å². The average molecular weight is 627 g/mol. The van der Waals surface area contributed by atoms with E-state index in [1.54, 1.807) is 53.4 Å². The molecule has 3 aromatic carbocycles. The molecule has 0 spiro atoms. The van der Waals surface area contributed by atoms with Gasteiger partial charge in [0.15, 0.2) is 12.5 Å². The number of rotatable bonds is 5. The lowest BCUT2D eigenvalue weighted by molar-refractivity contribution is -0.174. The maximum absolute atomic E-state index is 14.7. The zero-order valence-electron chi connectivity index (χ0n) is 26.0. The summed E-state index contributed by atoms with van der Waals surface area (Å²) in [4.78, 5) is 45.7. The minimum absolute atomic E-state index is 0.0846. The lowest BCUT2D eigenvalue weighted by Crippen LogP contribution is -2.55. The van der Waals surface area contributed by atoms with E-state index in [2.05, 4.69) is 0 Å². The number of hydrazine groups is 1. The molecular weight excluding hydrogens is 584 g/mol. The van der Waals surface area contributed by atoms with Crippen LogP contribution in [0.2, 0.25) is 0 Å². The Bertz CT molecular complexity index is 1530. The van der Waals surface area contributed by atoms with Crippen molar-refractivity contribution in [1.29, 1.82) is 0 Å². The number of nitrogens with two attached hydrogens (primary N) is 1. The predicted molar refractivity (Wildman–Crippen MR) is 173 cm³/mol. The first kappa shape index (κ1) is 31.7. The van der Waals surface area contributed by atoms with Crippen molar-refractivity contribution in [3.05, 3.63) is 90.0 Å². The highest BCUT2D eigenvalue weighted by molar-refractivity contribution is 5.98. The third-order valence-corrected chi connectivity index (χ3v) is 9.30. The number of ether oxygens (including phenoxy) is 2. The summed E-state index contributed by atoms with van der Waals surface area (Å²) in [6.45, 7) is 0.366. The summed E-state index contributed by atoms with van der Waals surface area (Å²) in [6.07, 6.45) is 5.46. The van der Waals surface area contributed by atoms with Crippen LogP contribution in [0, 0.1) is 0 Å². The van der Waals surface area contributed by atoms with Gasteiger partial charge in [-0.3, -0.25) is 9.59 Å². The molecule has 46 heavy (non-hydrogen) atoms. The molecule has 10 heteroatoms. The maximum Gasteiger partial charge on any atom is 0.330 e. The van der Waals surface area contributed by atoms with Crippen LogP contribution in [0.3, 0.4) is 0 Å². The van der Waals surface area contributed by atoms with E-state index in [4.69, 9.17) is 15.3 Å². The molecule has 1 saturated carbocycles. The molecule has 3 aromatic rings. The van der Waals surface area contributed by atoms with Gasteiger partial charge in [-0.2, -0.15) is 0 Å². The second-order valence-electron chi connectivity index (χ2n) is 12.4. The Balaban J connectivity index is 1.42. The van der Waals surface area contributed by atoms with Gasteiger partial charge < -0.3 is 19.5 Å². The Hall–Kier alpha value is -4.25. The Morgan fingerprint density at radius 2 is 1.54 bits per heavy atom. The molecule has 242 valence electrons. The molecule has 2 fully saturated rings. The SMILES string of the molecule is NN1C(=O)C(O)N2CCCC2OC(=O)C(N(C(=O)c2cccc(Oc3ccccc3)c2)C2CCCCCCC2)Cc2ccccc21. The summed E-state index contributed by atoms with van der Waals surface area (Å²) in [7, 11) is 0. The number of para-hydroxylation sites is 2. The van der Waals surface area contributed by atoms with Crippen molar-refractivity contribution in [3.8, 4) is 11.5 Å². The predicted octanol–water partition coefficient (Wildman–Crippen LogP) is 5.15. The van der Waals surface area contributed by atoms with Crippen LogP contribution in [0.1, 0.15) is 73.7 Å². The van der Waals surface area contributed by atoms with Gasteiger partial charge in [0.25, 0.3) is 11.8 Å². The summed E-state index contributed by atoms with van der Waals surface area (Å²) in [5.74, 6) is 5.94. The Morgan fingerprint density at radius 1 is 0.848 bits per heavy atom. The molecule has 2 heterocycles. The first-order valence-corrected chi connectivity index (χ1v) is 16.4. The number of nitrogens with zero attached hydrogens (tertiary/aromatic N) is 3. The minimum atomic E-state index is -1.58. The largest absolute Gasteiger partial charge is 0.457 e. The standard InChI is InChI=1S/C36H42N4O6/c37-40-30-20-10-9-13-25(30)24-31(36(44)46-32-21-12-22-38(32)34(42)35(40)43)39(27-15-5-2-1-3-6-16-27)33(41)26-14-11-19-29(23-26)45-28-17-7-4-8-18-28/h4,7-11,13-14,17-20,23,27,31-32,34,42H,1-3,5-6,12,15-16,21-22,24,37H2. The van der Waals surface area contributed by atoms with Gasteiger partial charge in [0.05, 0.1) is 5.69 Å². The van der Waals surface area contributed by atoms with E-state index in [9.17, 15) is 19.5 Å². The van der Waals surface area contributed by atoms with Gasteiger partial charge >= 0.3 is 5.97 Å². The zero-order chi connectivity index (χ0) is 32.0. The highest BCUT2D eigenvalue weighted by Gasteiger charge is 2.43. The molecular formula is C36H42N4O6. The molecule has 0 aromatic heterocycles. The highest BCUT2D eigenvalue weighted by atomic mass is 16.6. The molecule has 3 atom stereocenters. The summed E-state index contributed by atoms with van der Waals surface area (Å²) >= 11 is 0. The van der Waals surface area contributed by atoms with Crippen LogP contribution in [0.25, 0.3) is 0 Å². The third kappa shape index (κ3) is 6.94. The van der Waals surface area contributed by atoms with Crippen molar-refractivity contribution >= 4 is 23.5 Å². The van der Waals surface area contributed by atoms with Crippen LogP contribution in [-0.4, -0.2) is 63.8 Å². The minimum Gasteiger partial charge on any atom is -0.457 e. The molecule has 10 nitrogen and oxygen atoms in total. The maximum atomic E-state index is 14.7. The van der Waals surface area contributed by atoms with Crippen LogP contribution in [-0.2, 0) is 20.7 Å². The fraction of sp³-hybridized carbons (Fsp3) is 0.417. The van der Waals surface area contributed by atoms with E-state index in [-0.39, 0.29) is 18.4 Å². The number of hydrogen-bond acceptors (Lipinski definition) is 8. The number of hydrogen-bond donors (Lipinski definition) is 2. The molecule has 1 aliphatic carbocycles. The van der Waals surface area contributed by atoms with Gasteiger partial charge in [-0.15, -0.1) is 0 Å². The van der Waals surface area contributed by atoms with Crippen LogP contribution < -0.4 is 15.6 Å². The second-order valence-corrected chi connectivity index (χ2v) is 12.4. The van der Waals surface area contributed by atoms with Crippen LogP contribution >= 0.6 is 0 Å². The Labute approximate surface area is 269 Å². The molecule has 6 rings (SSSR count). The number of carbonyl (C=O) groups excluding carboxylic acids is 3. The lowest BCUT2D eigenvalue weighted by Gasteiger charge is -2.39. The van der Waals surface area contributed by atoms with Gasteiger partial charge in [0, 0.05) is 24.6 Å². The number of amides is 2. The number of benzene rings is 3. The normalized spacial score (nSPS) is 23.3. The molecule has 0 radical (unpaired) electrons. The van der Waals surface area contributed by atoms with Crippen molar-refractivity contribution in [2.24, 2.45) is 5.84 Å². The molecule has 2 amide bonds. The summed E-state index contributed by atoms with van der Waals surface area (Å²) < 4.78 is 12.2. The first-order chi connectivity index (χ1) is 22.4. The third-order valence-electron chi connectivity index (χ3n) is 9.30. The Morgan fingerprint density at radius 3 is 2.33 bits per heavy atom. The number of esters is 1. The molecule has 3 aliphatic rings. The Kier molecular flexibility index (Phi) is 9.97. The van der Waals surface area contributed by atoms with Crippen molar-refractivity contribution < 1.29 is 29.0 Å². The molecule has 3 unspecified atom stereocenters. The van der Waals surface area contributed by atoms with E-state index >= 15 is 0 Å². The summed E-state index contributed by atoms with van der Waals surface area (Å²) in [6, 6.07) is 22.2. The van der Waals surface area contributed by atoms with Gasteiger partial charge in [-0.05, 0) is 67.6 Å². The van der Waals surface area contributed by atoms with E-state index < -0.39 is 30.4 Å². The highest BCUT2D eigenvalue weighted by Crippen LogP contribution is 2.32. The lowest BCUT2D eigenvalue weighted by atomic mass is 9.92. The second kappa shape index (κ2) is 14.5. The van der Waals surface area contributed by atoms with Crippen molar-refractivity contribution in [3.63, 3.8) is 0 Å². The first-order valence-electron chi connectivity index (χ1n) is 16.4. The summed E-state index contributed by atoms with van der Waals surface area (Å²) in [5, 5.41) is 12.0. The van der Waals surface area contributed by atoms with Gasteiger partial charge in [-0.25, -0.2) is 20.5 Å². The van der Waals surface area contributed by atoms with E-state index in [1.807, 2.05) is 30.3 Å². The molecule has 1 saturated heterocycles. The molecule has 0 bridgehead atoms. The quantitative estimate of drug-likeness (QED) is 0.226. The monoisotopic (exact) mass is 626 g/mol. The van der Waals surface area contributed by atoms with Crippen molar-refractivity contribution in [2.45, 2.75) is 88.7 Å². The van der Waals surface area contributed by atoms with E-state index in [1.165, 1.54) is 4.90 Å². The van der Waals surface area contributed by atoms with E-state index in [0.29, 0.717) is 47.7 Å². The van der Waals surface area contributed by atoms with Gasteiger partial charge in [0.1, 0.15) is 17.5 Å². The fourth-order valence-corrected chi connectivity index (χ4v) is 6.93.